The van der Waals surface area contributed by atoms with E-state index in [1.807, 2.05) is 6.92 Å². The third-order valence-corrected chi connectivity index (χ3v) is 3.21. The molecule has 0 aromatic rings. The second kappa shape index (κ2) is 7.66. The van der Waals surface area contributed by atoms with Crippen LogP contribution in [0.3, 0.4) is 0 Å². The van der Waals surface area contributed by atoms with Crippen molar-refractivity contribution in [3.63, 3.8) is 0 Å². The van der Waals surface area contributed by atoms with E-state index in [1.165, 1.54) is 0 Å². The first-order chi connectivity index (χ1) is 7.52. The molecule has 1 N–H and O–H groups in total. The summed E-state index contributed by atoms with van der Waals surface area (Å²) in [5.41, 5.74) is -0.968. The fourth-order valence-corrected chi connectivity index (χ4v) is 1.72. The molecule has 96 valence electrons. The Morgan fingerprint density at radius 1 is 1.38 bits per heavy atom. The monoisotopic (exact) mass is 230 g/mol. The molecule has 16 heavy (non-hydrogen) atoms. The van der Waals surface area contributed by atoms with Crippen molar-refractivity contribution in [2.24, 2.45) is 5.92 Å². The van der Waals surface area contributed by atoms with Crippen LogP contribution >= 0.6 is 0 Å². The Kier molecular flexibility index (Phi) is 7.39. The van der Waals surface area contributed by atoms with Gasteiger partial charge in [-0.25, -0.2) is 4.79 Å². The number of carbonyl (C=O) groups is 1. The molecule has 0 aliphatic carbocycles. The van der Waals surface area contributed by atoms with E-state index in [0.29, 0.717) is 25.4 Å². The number of rotatable bonds is 9. The SMILES string of the molecule is CCCCOC(CC)(CC(C)CC)C(=O)O. The van der Waals surface area contributed by atoms with Crippen LogP contribution in [0.5, 0.6) is 0 Å². The van der Waals surface area contributed by atoms with Crippen molar-refractivity contribution in [2.75, 3.05) is 6.61 Å². The second-order valence-electron chi connectivity index (χ2n) is 4.57. The molecule has 0 amide bonds. The summed E-state index contributed by atoms with van der Waals surface area (Å²) in [5.74, 6) is -0.427. The summed E-state index contributed by atoms with van der Waals surface area (Å²) < 4.78 is 5.65. The highest BCUT2D eigenvalue weighted by molar-refractivity contribution is 5.77. The third kappa shape index (κ3) is 4.52. The summed E-state index contributed by atoms with van der Waals surface area (Å²) in [4.78, 5) is 11.4. The molecule has 0 saturated carbocycles. The number of aliphatic carboxylic acids is 1. The van der Waals surface area contributed by atoms with Crippen molar-refractivity contribution < 1.29 is 14.6 Å². The first-order valence-electron chi connectivity index (χ1n) is 6.39. The lowest BCUT2D eigenvalue weighted by atomic mass is 9.87. The maximum absolute atomic E-state index is 11.4. The molecule has 0 bridgehead atoms. The van der Waals surface area contributed by atoms with Crippen LogP contribution in [0.1, 0.15) is 59.8 Å². The maximum Gasteiger partial charge on any atom is 0.335 e. The van der Waals surface area contributed by atoms with Crippen LogP contribution in [0.4, 0.5) is 0 Å². The summed E-state index contributed by atoms with van der Waals surface area (Å²) in [5, 5.41) is 9.34. The molecule has 3 nitrogen and oxygen atoms in total. The smallest absolute Gasteiger partial charge is 0.335 e. The highest BCUT2D eigenvalue weighted by Crippen LogP contribution is 2.27. The van der Waals surface area contributed by atoms with E-state index in [-0.39, 0.29) is 0 Å². The molecule has 0 aromatic heterocycles. The molecule has 0 heterocycles. The number of carboxylic acids is 1. The lowest BCUT2D eigenvalue weighted by Crippen LogP contribution is -2.42. The van der Waals surface area contributed by atoms with Crippen molar-refractivity contribution in [2.45, 2.75) is 65.4 Å². The first-order valence-corrected chi connectivity index (χ1v) is 6.39. The zero-order valence-corrected chi connectivity index (χ0v) is 11.1. The van der Waals surface area contributed by atoms with Crippen molar-refractivity contribution >= 4 is 5.97 Å². The van der Waals surface area contributed by atoms with Crippen LogP contribution in [-0.4, -0.2) is 23.3 Å². The molecule has 0 aromatic carbocycles. The minimum absolute atomic E-state index is 0.387. The van der Waals surface area contributed by atoms with Crippen molar-refractivity contribution in [3.8, 4) is 0 Å². The topological polar surface area (TPSA) is 46.5 Å². The number of carboxylic acid groups (broad SMARTS) is 1. The van der Waals surface area contributed by atoms with Gasteiger partial charge in [0.1, 0.15) is 0 Å². The van der Waals surface area contributed by atoms with Gasteiger partial charge in [-0.05, 0) is 25.2 Å². The zero-order valence-electron chi connectivity index (χ0n) is 11.1. The van der Waals surface area contributed by atoms with E-state index in [2.05, 4.69) is 20.8 Å². The number of ether oxygens (including phenoxy) is 1. The van der Waals surface area contributed by atoms with Gasteiger partial charge in [-0.1, -0.05) is 40.5 Å². The maximum atomic E-state index is 11.4. The first kappa shape index (κ1) is 15.4. The average molecular weight is 230 g/mol. The summed E-state index contributed by atoms with van der Waals surface area (Å²) in [6.07, 6.45) is 4.10. The fourth-order valence-electron chi connectivity index (χ4n) is 1.72. The number of unbranched alkanes of at least 4 members (excludes halogenated alkanes) is 1. The van der Waals surface area contributed by atoms with Gasteiger partial charge >= 0.3 is 5.97 Å². The largest absolute Gasteiger partial charge is 0.479 e. The normalized spacial score (nSPS) is 16.8. The van der Waals surface area contributed by atoms with Gasteiger partial charge in [0, 0.05) is 6.61 Å². The minimum Gasteiger partial charge on any atom is -0.479 e. The van der Waals surface area contributed by atoms with Gasteiger partial charge in [0.2, 0.25) is 0 Å². The molecule has 0 aliphatic heterocycles. The Morgan fingerprint density at radius 3 is 2.38 bits per heavy atom. The quantitative estimate of drug-likeness (QED) is 0.617. The summed E-state index contributed by atoms with van der Waals surface area (Å²) in [6, 6.07) is 0. The Balaban J connectivity index is 4.51. The van der Waals surface area contributed by atoms with Crippen LogP contribution in [0.2, 0.25) is 0 Å². The van der Waals surface area contributed by atoms with Crippen LogP contribution in [-0.2, 0) is 9.53 Å². The molecule has 0 saturated heterocycles. The van der Waals surface area contributed by atoms with Gasteiger partial charge < -0.3 is 9.84 Å². The minimum atomic E-state index is -0.968. The van der Waals surface area contributed by atoms with E-state index in [4.69, 9.17) is 4.74 Å². The van der Waals surface area contributed by atoms with Crippen LogP contribution in [0.15, 0.2) is 0 Å². The molecule has 0 radical (unpaired) electrons. The predicted octanol–water partition coefficient (Wildman–Crippen LogP) is 3.47. The van der Waals surface area contributed by atoms with Gasteiger partial charge in [0.05, 0.1) is 0 Å². The van der Waals surface area contributed by atoms with Crippen LogP contribution in [0, 0.1) is 5.92 Å². The summed E-state index contributed by atoms with van der Waals surface area (Å²) in [7, 11) is 0. The molecular weight excluding hydrogens is 204 g/mol. The zero-order chi connectivity index (χ0) is 12.6. The second-order valence-corrected chi connectivity index (χ2v) is 4.57. The summed E-state index contributed by atoms with van der Waals surface area (Å²) >= 11 is 0. The molecule has 2 unspecified atom stereocenters. The standard InChI is InChI=1S/C13H26O3/c1-5-8-9-16-13(7-3,12(14)15)10-11(4)6-2/h11H,5-10H2,1-4H3,(H,14,15). The van der Waals surface area contributed by atoms with Crippen LogP contribution < -0.4 is 0 Å². The van der Waals surface area contributed by atoms with Crippen molar-refractivity contribution in [1.82, 2.24) is 0 Å². The number of hydrogen-bond acceptors (Lipinski definition) is 2. The van der Waals surface area contributed by atoms with E-state index >= 15 is 0 Å². The van der Waals surface area contributed by atoms with E-state index in [9.17, 15) is 9.90 Å². The molecule has 0 aliphatic rings. The van der Waals surface area contributed by atoms with E-state index in [0.717, 1.165) is 19.3 Å². The van der Waals surface area contributed by atoms with Gasteiger partial charge in [0.15, 0.2) is 5.60 Å². The lowest BCUT2D eigenvalue weighted by Gasteiger charge is -2.31. The van der Waals surface area contributed by atoms with Crippen molar-refractivity contribution in [3.05, 3.63) is 0 Å². The Morgan fingerprint density at radius 2 is 2.00 bits per heavy atom. The third-order valence-electron chi connectivity index (χ3n) is 3.21. The van der Waals surface area contributed by atoms with E-state index < -0.39 is 11.6 Å². The fraction of sp³-hybridized carbons (Fsp3) is 0.923. The summed E-state index contributed by atoms with van der Waals surface area (Å²) in [6.45, 7) is 8.68. The van der Waals surface area contributed by atoms with E-state index in [1.54, 1.807) is 0 Å². The Labute approximate surface area is 99.2 Å². The van der Waals surface area contributed by atoms with Gasteiger partial charge in [-0.2, -0.15) is 0 Å². The Hall–Kier alpha value is -0.570. The number of hydrogen-bond donors (Lipinski definition) is 1. The van der Waals surface area contributed by atoms with Crippen LogP contribution in [0.25, 0.3) is 0 Å². The lowest BCUT2D eigenvalue weighted by molar-refractivity contribution is -0.169. The molecule has 0 fully saturated rings. The molecule has 0 spiro atoms. The predicted molar refractivity (Wildman–Crippen MR) is 65.6 cm³/mol. The van der Waals surface area contributed by atoms with Crippen molar-refractivity contribution in [1.29, 1.82) is 0 Å². The van der Waals surface area contributed by atoms with Gasteiger partial charge in [-0.3, -0.25) is 0 Å². The van der Waals surface area contributed by atoms with Gasteiger partial charge in [0.25, 0.3) is 0 Å². The molecule has 3 heteroatoms. The molecule has 2 atom stereocenters. The molecule has 0 rings (SSSR count). The molecular formula is C13H26O3. The Bertz CT molecular complexity index is 203. The average Bonchev–Trinajstić information content (AvgIpc) is 2.27. The highest BCUT2D eigenvalue weighted by atomic mass is 16.5. The van der Waals surface area contributed by atoms with Gasteiger partial charge in [-0.15, -0.1) is 0 Å². The highest BCUT2D eigenvalue weighted by Gasteiger charge is 2.38.